The molecule has 2 N–H and O–H groups in total. The smallest absolute Gasteiger partial charge is 0.268 e. The largest absolute Gasteiger partial charge is 0.348 e. The van der Waals surface area contributed by atoms with Crippen LogP contribution in [0.3, 0.4) is 0 Å². The zero-order valence-corrected chi connectivity index (χ0v) is 14.8. The van der Waals surface area contributed by atoms with Crippen molar-refractivity contribution < 1.29 is 9.59 Å². The van der Waals surface area contributed by atoms with E-state index in [-0.39, 0.29) is 23.6 Å². The molecule has 0 atom stereocenters. The maximum absolute atomic E-state index is 12.8. The fraction of sp³-hybridized carbons (Fsp3) is 0.273. The molecule has 2 aromatic carbocycles. The summed E-state index contributed by atoms with van der Waals surface area (Å²) in [6.07, 6.45) is 7.22. The molecule has 0 aromatic heterocycles. The normalized spacial score (nSPS) is 15.3. The van der Waals surface area contributed by atoms with Crippen LogP contribution in [0.15, 0.2) is 66.4 Å². The standard InChI is InChI=1S/C22H24N2O2/c25-21(18-12-6-2-7-13-18)24-20(16-17-10-4-1-5-11-17)22(26)23-19-14-8-3-9-15-19/h1-2,4-7,10-13,16,19H,3,8-9,14-15H2,(H,23,26)(H,24,25)/b20-16-. The number of hydrogen-bond donors (Lipinski definition) is 2. The van der Waals surface area contributed by atoms with Crippen molar-refractivity contribution in [3.05, 3.63) is 77.5 Å². The highest BCUT2D eigenvalue weighted by atomic mass is 16.2. The van der Waals surface area contributed by atoms with Gasteiger partial charge in [-0.15, -0.1) is 0 Å². The van der Waals surface area contributed by atoms with Gasteiger partial charge in [-0.25, -0.2) is 0 Å². The van der Waals surface area contributed by atoms with Gasteiger partial charge in [-0.05, 0) is 36.6 Å². The van der Waals surface area contributed by atoms with Gasteiger partial charge in [-0.3, -0.25) is 9.59 Å². The van der Waals surface area contributed by atoms with Gasteiger partial charge in [0, 0.05) is 11.6 Å². The Hall–Kier alpha value is -2.88. The summed E-state index contributed by atoms with van der Waals surface area (Å²) < 4.78 is 0. The van der Waals surface area contributed by atoms with Crippen molar-refractivity contribution in [2.24, 2.45) is 0 Å². The Morgan fingerprint density at radius 3 is 2.12 bits per heavy atom. The molecule has 0 unspecified atom stereocenters. The van der Waals surface area contributed by atoms with E-state index in [9.17, 15) is 9.59 Å². The first kappa shape index (κ1) is 17.9. The lowest BCUT2D eigenvalue weighted by Gasteiger charge is -2.23. The zero-order valence-electron chi connectivity index (χ0n) is 14.8. The van der Waals surface area contributed by atoms with Crippen LogP contribution >= 0.6 is 0 Å². The van der Waals surface area contributed by atoms with E-state index in [1.165, 1.54) is 6.42 Å². The summed E-state index contributed by atoms with van der Waals surface area (Å²) in [6.45, 7) is 0. The van der Waals surface area contributed by atoms with Crippen LogP contribution in [0.5, 0.6) is 0 Å². The summed E-state index contributed by atoms with van der Waals surface area (Å²) in [4.78, 5) is 25.3. The number of rotatable bonds is 5. The van der Waals surface area contributed by atoms with Gasteiger partial charge in [0.1, 0.15) is 5.70 Å². The van der Waals surface area contributed by atoms with Crippen molar-refractivity contribution in [2.75, 3.05) is 0 Å². The van der Waals surface area contributed by atoms with E-state index in [2.05, 4.69) is 10.6 Å². The first-order valence-electron chi connectivity index (χ1n) is 9.16. The average molecular weight is 348 g/mol. The molecule has 26 heavy (non-hydrogen) atoms. The summed E-state index contributed by atoms with van der Waals surface area (Å²) in [6, 6.07) is 18.6. The first-order chi connectivity index (χ1) is 12.7. The van der Waals surface area contributed by atoms with E-state index in [1.54, 1.807) is 30.3 Å². The Balaban J connectivity index is 1.78. The highest BCUT2D eigenvalue weighted by Gasteiger charge is 2.20. The number of amides is 2. The highest BCUT2D eigenvalue weighted by molar-refractivity contribution is 6.05. The summed E-state index contributed by atoms with van der Waals surface area (Å²) in [5.74, 6) is -0.517. The minimum atomic E-state index is -0.286. The first-order valence-corrected chi connectivity index (χ1v) is 9.16. The van der Waals surface area contributed by atoms with Gasteiger partial charge in [0.15, 0.2) is 0 Å². The quantitative estimate of drug-likeness (QED) is 0.805. The van der Waals surface area contributed by atoms with Crippen LogP contribution < -0.4 is 10.6 Å². The molecule has 134 valence electrons. The molecule has 1 fully saturated rings. The lowest BCUT2D eigenvalue weighted by molar-refractivity contribution is -0.118. The molecule has 0 saturated heterocycles. The number of benzene rings is 2. The Kier molecular flexibility index (Phi) is 6.20. The molecule has 0 heterocycles. The molecule has 4 nitrogen and oxygen atoms in total. The van der Waals surface area contributed by atoms with E-state index in [4.69, 9.17) is 0 Å². The van der Waals surface area contributed by atoms with Gasteiger partial charge in [0.05, 0.1) is 0 Å². The van der Waals surface area contributed by atoms with Crippen molar-refractivity contribution in [3.63, 3.8) is 0 Å². The SMILES string of the molecule is O=C(NC1CCCCC1)/C(=C/c1ccccc1)NC(=O)c1ccccc1. The van der Waals surface area contributed by atoms with Crippen LogP contribution in [0.25, 0.3) is 6.08 Å². The number of hydrogen-bond acceptors (Lipinski definition) is 2. The third kappa shape index (κ3) is 5.06. The molecule has 1 aliphatic rings. The van der Waals surface area contributed by atoms with E-state index in [0.717, 1.165) is 31.2 Å². The van der Waals surface area contributed by atoms with Gasteiger partial charge < -0.3 is 10.6 Å². The Bertz CT molecular complexity index is 763. The topological polar surface area (TPSA) is 58.2 Å². The number of carbonyl (C=O) groups excluding carboxylic acids is 2. The fourth-order valence-corrected chi connectivity index (χ4v) is 3.17. The molecule has 3 rings (SSSR count). The minimum absolute atomic E-state index is 0.184. The lowest BCUT2D eigenvalue weighted by Crippen LogP contribution is -2.41. The van der Waals surface area contributed by atoms with Crippen LogP contribution in [-0.4, -0.2) is 17.9 Å². The zero-order chi connectivity index (χ0) is 18.2. The molecule has 2 aromatic rings. The summed E-state index contributed by atoms with van der Waals surface area (Å²) >= 11 is 0. The second-order valence-electron chi connectivity index (χ2n) is 6.60. The van der Waals surface area contributed by atoms with Crippen molar-refractivity contribution in [2.45, 2.75) is 38.1 Å². The highest BCUT2D eigenvalue weighted by Crippen LogP contribution is 2.18. The molecular weight excluding hydrogens is 324 g/mol. The summed E-state index contributed by atoms with van der Waals surface area (Å²) in [5, 5.41) is 5.86. The Morgan fingerprint density at radius 2 is 1.46 bits per heavy atom. The molecule has 1 saturated carbocycles. The third-order valence-corrected chi connectivity index (χ3v) is 4.58. The van der Waals surface area contributed by atoms with Crippen molar-refractivity contribution in [3.8, 4) is 0 Å². The van der Waals surface area contributed by atoms with Crippen molar-refractivity contribution >= 4 is 17.9 Å². The van der Waals surface area contributed by atoms with Gasteiger partial charge in [-0.2, -0.15) is 0 Å². The van der Waals surface area contributed by atoms with Gasteiger partial charge in [-0.1, -0.05) is 67.8 Å². The number of carbonyl (C=O) groups is 2. The molecule has 0 spiro atoms. The van der Waals surface area contributed by atoms with E-state index < -0.39 is 0 Å². The van der Waals surface area contributed by atoms with E-state index in [1.807, 2.05) is 36.4 Å². The molecule has 0 aliphatic heterocycles. The second kappa shape index (κ2) is 8.99. The van der Waals surface area contributed by atoms with Crippen LogP contribution in [0.2, 0.25) is 0 Å². The minimum Gasteiger partial charge on any atom is -0.348 e. The molecule has 0 radical (unpaired) electrons. The second-order valence-corrected chi connectivity index (χ2v) is 6.60. The number of nitrogens with one attached hydrogen (secondary N) is 2. The van der Waals surface area contributed by atoms with Crippen molar-refractivity contribution in [1.82, 2.24) is 10.6 Å². The third-order valence-electron chi connectivity index (χ3n) is 4.58. The maximum Gasteiger partial charge on any atom is 0.268 e. The van der Waals surface area contributed by atoms with E-state index >= 15 is 0 Å². The molecule has 4 heteroatoms. The van der Waals surface area contributed by atoms with Crippen LogP contribution in [-0.2, 0) is 4.79 Å². The molecule has 1 aliphatic carbocycles. The summed E-state index contributed by atoms with van der Waals surface area (Å²) in [5.41, 5.74) is 1.67. The maximum atomic E-state index is 12.8. The molecule has 2 amide bonds. The van der Waals surface area contributed by atoms with E-state index in [0.29, 0.717) is 5.56 Å². The Labute approximate surface area is 154 Å². The lowest BCUT2D eigenvalue weighted by atomic mass is 9.95. The van der Waals surface area contributed by atoms with Crippen LogP contribution in [0.1, 0.15) is 48.0 Å². The molecule has 0 bridgehead atoms. The van der Waals surface area contributed by atoms with Gasteiger partial charge in [0.2, 0.25) is 0 Å². The Morgan fingerprint density at radius 1 is 0.846 bits per heavy atom. The summed E-state index contributed by atoms with van der Waals surface area (Å²) in [7, 11) is 0. The predicted octanol–water partition coefficient (Wildman–Crippen LogP) is 3.91. The molecular formula is C22H24N2O2. The monoisotopic (exact) mass is 348 g/mol. The fourth-order valence-electron chi connectivity index (χ4n) is 3.17. The van der Waals surface area contributed by atoms with Gasteiger partial charge in [0.25, 0.3) is 11.8 Å². The van der Waals surface area contributed by atoms with Gasteiger partial charge >= 0.3 is 0 Å². The van der Waals surface area contributed by atoms with Crippen molar-refractivity contribution in [1.29, 1.82) is 0 Å². The van der Waals surface area contributed by atoms with Crippen LogP contribution in [0, 0.1) is 0 Å². The predicted molar refractivity (Wildman–Crippen MR) is 103 cm³/mol. The average Bonchev–Trinajstić information content (AvgIpc) is 2.69. The van der Waals surface area contributed by atoms with Crippen LogP contribution in [0.4, 0.5) is 0 Å².